The highest BCUT2D eigenvalue weighted by Crippen LogP contribution is 2.37. The molecule has 0 aromatic rings. The second kappa shape index (κ2) is 7.43. The summed E-state index contributed by atoms with van der Waals surface area (Å²) in [6, 6.07) is 0. The lowest BCUT2D eigenvalue weighted by Gasteiger charge is -2.38. The Hall–Kier alpha value is -1.12. The minimum absolute atomic E-state index is 0.00442. The van der Waals surface area contributed by atoms with E-state index in [1.807, 2.05) is 13.1 Å². The molecule has 0 aliphatic rings. The zero-order valence-electron chi connectivity index (χ0n) is 15.0. The summed E-state index contributed by atoms with van der Waals surface area (Å²) in [6.07, 6.45) is -1.44. The molecule has 0 bridgehead atoms. The molecule has 1 atom stereocenters. The Morgan fingerprint density at radius 2 is 1.64 bits per heavy atom. The number of hydrogen-bond acceptors (Lipinski definition) is 5. The fourth-order valence-corrected chi connectivity index (χ4v) is 2.56. The van der Waals surface area contributed by atoms with Crippen molar-refractivity contribution in [2.24, 2.45) is 5.84 Å². The van der Waals surface area contributed by atoms with Crippen LogP contribution in [0, 0.1) is 0 Å². The number of rotatable bonds is 5. The van der Waals surface area contributed by atoms with E-state index in [2.05, 4.69) is 31.5 Å². The highest BCUT2D eigenvalue weighted by atomic mass is 28.4. The molecule has 1 unspecified atom stereocenters. The van der Waals surface area contributed by atoms with Crippen LogP contribution in [0.5, 0.6) is 0 Å². The van der Waals surface area contributed by atoms with Gasteiger partial charge in [-0.15, -0.1) is 0 Å². The predicted molar refractivity (Wildman–Crippen MR) is 88.6 cm³/mol. The molecule has 0 saturated heterocycles. The third kappa shape index (κ3) is 7.23. The van der Waals surface area contributed by atoms with E-state index in [-0.39, 0.29) is 11.6 Å². The largest absolute Gasteiger partial charge is 0.444 e. The van der Waals surface area contributed by atoms with Crippen LogP contribution in [0.2, 0.25) is 18.1 Å². The molecular weight excluding hydrogens is 302 g/mol. The summed E-state index contributed by atoms with van der Waals surface area (Å²) in [7, 11) is -2.17. The van der Waals surface area contributed by atoms with Crippen molar-refractivity contribution in [3.05, 3.63) is 0 Å². The van der Waals surface area contributed by atoms with Gasteiger partial charge in [0.1, 0.15) is 11.7 Å². The number of carbonyl (C=O) groups is 2. The fourth-order valence-electron chi connectivity index (χ4n) is 1.30. The Bertz CT molecular complexity index is 400. The van der Waals surface area contributed by atoms with E-state index in [0.29, 0.717) is 0 Å². The van der Waals surface area contributed by atoms with Crippen molar-refractivity contribution in [1.29, 1.82) is 0 Å². The van der Waals surface area contributed by atoms with Gasteiger partial charge in [-0.25, -0.2) is 10.6 Å². The Kier molecular flexibility index (Phi) is 7.05. The number of hydrazine groups is 1. The van der Waals surface area contributed by atoms with Crippen LogP contribution in [0.3, 0.4) is 0 Å². The zero-order valence-corrected chi connectivity index (χ0v) is 16.0. The molecule has 0 rings (SSSR count). The number of hydrogen-bond donors (Lipinski definition) is 3. The van der Waals surface area contributed by atoms with E-state index in [0.717, 1.165) is 0 Å². The summed E-state index contributed by atoms with van der Waals surface area (Å²) in [6.45, 7) is 15.6. The lowest BCUT2D eigenvalue weighted by Crippen LogP contribution is -2.53. The average molecular weight is 334 g/mol. The Labute approximate surface area is 134 Å². The first-order chi connectivity index (χ1) is 9.69. The molecule has 0 aromatic carbocycles. The fraction of sp³-hybridized carbons (Fsp3) is 0.857. The van der Waals surface area contributed by atoms with Gasteiger partial charge in [0.2, 0.25) is 0 Å². The van der Waals surface area contributed by atoms with Gasteiger partial charge in [0.25, 0.3) is 5.91 Å². The highest BCUT2D eigenvalue weighted by molar-refractivity contribution is 6.74. The molecule has 0 spiro atoms. The molecule has 2 amide bonds. The Morgan fingerprint density at radius 1 is 1.14 bits per heavy atom. The van der Waals surface area contributed by atoms with Gasteiger partial charge < -0.3 is 14.5 Å². The number of nitrogens with two attached hydrogens (primary N) is 1. The molecule has 8 heteroatoms. The number of alkyl carbamates (subject to hydrolysis) is 1. The van der Waals surface area contributed by atoms with Crippen molar-refractivity contribution in [2.45, 2.75) is 71.4 Å². The molecule has 0 saturated carbocycles. The normalized spacial score (nSPS) is 14.2. The van der Waals surface area contributed by atoms with Gasteiger partial charge in [-0.3, -0.25) is 10.2 Å². The summed E-state index contributed by atoms with van der Waals surface area (Å²) in [4.78, 5) is 23.6. The van der Waals surface area contributed by atoms with Crippen LogP contribution in [-0.4, -0.2) is 38.6 Å². The van der Waals surface area contributed by atoms with Gasteiger partial charge in [0.05, 0.1) is 6.54 Å². The molecule has 0 radical (unpaired) electrons. The maximum absolute atomic E-state index is 11.9. The van der Waals surface area contributed by atoms with Crippen molar-refractivity contribution in [3.8, 4) is 0 Å². The smallest absolute Gasteiger partial charge is 0.407 e. The number of ether oxygens (including phenoxy) is 1. The first kappa shape index (κ1) is 20.9. The summed E-state index contributed by atoms with van der Waals surface area (Å²) in [5.74, 6) is 4.73. The van der Waals surface area contributed by atoms with Crippen LogP contribution in [0.1, 0.15) is 41.5 Å². The molecule has 22 heavy (non-hydrogen) atoms. The van der Waals surface area contributed by atoms with E-state index in [4.69, 9.17) is 15.0 Å². The highest BCUT2D eigenvalue weighted by Gasteiger charge is 2.40. The lowest BCUT2D eigenvalue weighted by atomic mass is 10.2. The van der Waals surface area contributed by atoms with E-state index in [9.17, 15) is 9.59 Å². The van der Waals surface area contributed by atoms with Gasteiger partial charge in [0, 0.05) is 0 Å². The van der Waals surface area contributed by atoms with Crippen LogP contribution < -0.4 is 16.6 Å². The molecule has 0 heterocycles. The summed E-state index contributed by atoms with van der Waals surface area (Å²) in [5.41, 5.74) is 1.48. The first-order valence-corrected chi connectivity index (χ1v) is 10.3. The van der Waals surface area contributed by atoms with Crippen LogP contribution in [-0.2, 0) is 14.0 Å². The Morgan fingerprint density at radius 3 is 2.00 bits per heavy atom. The second-order valence-corrected chi connectivity index (χ2v) is 12.5. The quantitative estimate of drug-likeness (QED) is 0.308. The van der Waals surface area contributed by atoms with Crippen molar-refractivity contribution >= 4 is 20.3 Å². The molecular formula is C14H31N3O4Si. The van der Waals surface area contributed by atoms with E-state index < -0.39 is 32.0 Å². The molecule has 0 fully saturated rings. The van der Waals surface area contributed by atoms with Crippen molar-refractivity contribution in [1.82, 2.24) is 10.7 Å². The summed E-state index contributed by atoms with van der Waals surface area (Å²) < 4.78 is 11.2. The number of amides is 2. The molecule has 0 aliphatic heterocycles. The van der Waals surface area contributed by atoms with Gasteiger partial charge in [-0.1, -0.05) is 20.8 Å². The lowest BCUT2D eigenvalue weighted by molar-refractivity contribution is -0.128. The molecule has 7 nitrogen and oxygen atoms in total. The molecule has 130 valence electrons. The van der Waals surface area contributed by atoms with Gasteiger partial charge >= 0.3 is 6.09 Å². The predicted octanol–water partition coefficient (Wildman–Crippen LogP) is 1.89. The third-order valence-electron chi connectivity index (χ3n) is 3.51. The SMILES string of the molecule is CC(C)(C)OC(=O)NCC(O[Si](C)(C)C(C)(C)C)C(=O)NN. The van der Waals surface area contributed by atoms with Crippen molar-refractivity contribution in [3.63, 3.8) is 0 Å². The van der Waals surface area contributed by atoms with Crippen LogP contribution in [0.4, 0.5) is 4.79 Å². The molecule has 0 aliphatic carbocycles. The second-order valence-electron chi connectivity index (χ2n) is 7.76. The van der Waals surface area contributed by atoms with E-state index in [1.165, 1.54) is 0 Å². The topological polar surface area (TPSA) is 103 Å². The average Bonchev–Trinajstić information content (AvgIpc) is 2.29. The van der Waals surface area contributed by atoms with Crippen LogP contribution in [0.25, 0.3) is 0 Å². The van der Waals surface area contributed by atoms with Crippen LogP contribution >= 0.6 is 0 Å². The first-order valence-electron chi connectivity index (χ1n) is 7.35. The minimum Gasteiger partial charge on any atom is -0.444 e. The van der Waals surface area contributed by atoms with Crippen molar-refractivity contribution < 1.29 is 18.8 Å². The van der Waals surface area contributed by atoms with E-state index in [1.54, 1.807) is 20.8 Å². The Balaban J connectivity index is 4.82. The number of nitrogens with one attached hydrogen (secondary N) is 2. The van der Waals surface area contributed by atoms with Crippen molar-refractivity contribution in [2.75, 3.05) is 6.54 Å². The maximum Gasteiger partial charge on any atom is 0.407 e. The third-order valence-corrected chi connectivity index (χ3v) is 7.99. The van der Waals surface area contributed by atoms with Crippen LogP contribution in [0.15, 0.2) is 0 Å². The molecule has 4 N–H and O–H groups in total. The standard InChI is InChI=1S/C14H31N3O4Si/c1-13(2,3)20-12(19)16-9-10(11(18)17-15)21-22(7,8)14(4,5)6/h10H,9,15H2,1-8H3,(H,16,19)(H,17,18). The minimum atomic E-state index is -2.17. The molecule has 0 aromatic heterocycles. The summed E-state index contributed by atoms with van der Waals surface area (Å²) >= 11 is 0. The number of carbonyl (C=O) groups excluding carboxylic acids is 2. The summed E-state index contributed by atoms with van der Waals surface area (Å²) in [5, 5.41) is 2.48. The monoisotopic (exact) mass is 333 g/mol. The zero-order chi connectivity index (χ0) is 17.8. The maximum atomic E-state index is 11.9. The van der Waals surface area contributed by atoms with Gasteiger partial charge in [-0.2, -0.15) is 0 Å². The van der Waals surface area contributed by atoms with Gasteiger partial charge in [-0.05, 0) is 38.9 Å². The van der Waals surface area contributed by atoms with Gasteiger partial charge in [0.15, 0.2) is 8.32 Å². The van der Waals surface area contributed by atoms with E-state index >= 15 is 0 Å².